The SMILES string of the molecule is Cc1ccc(C(=O)Nc2cncc(C(F)(F)F)c2)cc1[C@@H]1CCN(c2cncc(OCCO)c2)C1. The van der Waals surface area contributed by atoms with Crippen LogP contribution in [0.3, 0.4) is 0 Å². The number of amides is 1. The van der Waals surface area contributed by atoms with Gasteiger partial charge in [-0.3, -0.25) is 14.8 Å². The number of ether oxygens (including phenoxy) is 1. The molecule has 1 saturated heterocycles. The third-order valence-electron chi connectivity index (χ3n) is 5.92. The molecule has 3 aromatic rings. The highest BCUT2D eigenvalue weighted by atomic mass is 19.4. The van der Waals surface area contributed by atoms with Crippen LogP contribution < -0.4 is 15.0 Å². The third kappa shape index (κ3) is 5.89. The maximum atomic E-state index is 13.0. The van der Waals surface area contributed by atoms with E-state index in [0.29, 0.717) is 17.9 Å². The van der Waals surface area contributed by atoms with Crippen molar-refractivity contribution >= 4 is 17.3 Å². The smallest absolute Gasteiger partial charge is 0.417 e. The number of nitrogens with one attached hydrogen (secondary N) is 1. The zero-order valence-electron chi connectivity index (χ0n) is 19.0. The van der Waals surface area contributed by atoms with Gasteiger partial charge in [0.2, 0.25) is 0 Å². The fourth-order valence-electron chi connectivity index (χ4n) is 4.16. The van der Waals surface area contributed by atoms with Crippen LogP contribution in [0.2, 0.25) is 0 Å². The van der Waals surface area contributed by atoms with Gasteiger partial charge >= 0.3 is 6.18 Å². The van der Waals surface area contributed by atoms with Crippen LogP contribution in [0.1, 0.15) is 39.4 Å². The number of anilines is 2. The molecule has 0 radical (unpaired) electrons. The van der Waals surface area contributed by atoms with E-state index in [1.54, 1.807) is 24.5 Å². The Morgan fingerprint density at radius 1 is 1.17 bits per heavy atom. The number of rotatable bonds is 7. The van der Waals surface area contributed by atoms with Crippen molar-refractivity contribution in [1.82, 2.24) is 9.97 Å². The number of aromatic nitrogens is 2. The summed E-state index contributed by atoms with van der Waals surface area (Å²) in [5.41, 5.74) is 2.38. The molecule has 10 heteroatoms. The molecule has 1 aliphatic heterocycles. The molecule has 2 N–H and O–H groups in total. The van der Waals surface area contributed by atoms with Crippen LogP contribution in [0.25, 0.3) is 0 Å². The molecular weight excluding hydrogens is 461 g/mol. The molecule has 1 aromatic carbocycles. The van der Waals surface area contributed by atoms with E-state index in [1.165, 1.54) is 6.20 Å². The summed E-state index contributed by atoms with van der Waals surface area (Å²) in [6.45, 7) is 3.60. The second kappa shape index (κ2) is 10.3. The molecule has 1 amide bonds. The van der Waals surface area contributed by atoms with Gasteiger partial charge < -0.3 is 20.1 Å². The Morgan fingerprint density at radius 2 is 1.97 bits per heavy atom. The van der Waals surface area contributed by atoms with E-state index < -0.39 is 17.6 Å². The lowest BCUT2D eigenvalue weighted by atomic mass is 9.92. The van der Waals surface area contributed by atoms with Gasteiger partial charge in [0, 0.05) is 36.8 Å². The molecular formula is C25H25F3N4O3. The molecule has 0 saturated carbocycles. The van der Waals surface area contributed by atoms with Crippen LogP contribution >= 0.6 is 0 Å². The summed E-state index contributed by atoms with van der Waals surface area (Å²) < 4.78 is 44.3. The van der Waals surface area contributed by atoms with Crippen molar-refractivity contribution in [3.8, 4) is 5.75 Å². The van der Waals surface area contributed by atoms with Crippen molar-refractivity contribution in [2.75, 3.05) is 36.5 Å². The van der Waals surface area contributed by atoms with Crippen molar-refractivity contribution in [3.63, 3.8) is 0 Å². The third-order valence-corrected chi connectivity index (χ3v) is 5.92. The number of benzene rings is 1. The molecule has 7 nitrogen and oxygen atoms in total. The van der Waals surface area contributed by atoms with Gasteiger partial charge in [-0.2, -0.15) is 13.2 Å². The van der Waals surface area contributed by atoms with Gasteiger partial charge in [-0.1, -0.05) is 6.07 Å². The van der Waals surface area contributed by atoms with Crippen molar-refractivity contribution in [2.45, 2.75) is 25.4 Å². The van der Waals surface area contributed by atoms with Crippen LogP contribution in [-0.4, -0.2) is 47.3 Å². The van der Waals surface area contributed by atoms with Crippen LogP contribution in [-0.2, 0) is 6.18 Å². The average molecular weight is 486 g/mol. The highest BCUT2D eigenvalue weighted by Gasteiger charge is 2.31. The molecule has 0 aliphatic carbocycles. The second-order valence-electron chi connectivity index (χ2n) is 8.37. The standard InChI is InChI=1S/C25H25F3N4O3/c1-16-2-3-17(24(34)31-20-9-19(11-29-12-20)25(26,27)28)8-23(16)18-4-5-32(15-18)21-10-22(14-30-13-21)35-7-6-33/h2-3,8-14,18,33H,4-7,15H2,1H3,(H,31,34)/t18-/m1/s1. The summed E-state index contributed by atoms with van der Waals surface area (Å²) in [7, 11) is 0. The molecule has 1 aliphatic rings. The summed E-state index contributed by atoms with van der Waals surface area (Å²) >= 11 is 0. The van der Waals surface area contributed by atoms with Crippen molar-refractivity contribution < 1.29 is 27.8 Å². The topological polar surface area (TPSA) is 87.6 Å². The number of aryl methyl sites for hydroxylation is 1. The largest absolute Gasteiger partial charge is 0.490 e. The first kappa shape index (κ1) is 24.5. The molecule has 35 heavy (non-hydrogen) atoms. The van der Waals surface area contributed by atoms with Gasteiger partial charge in [0.05, 0.1) is 42.1 Å². The fourth-order valence-corrected chi connectivity index (χ4v) is 4.16. The summed E-state index contributed by atoms with van der Waals surface area (Å²) in [5.74, 6) is 0.249. The van der Waals surface area contributed by atoms with E-state index in [-0.39, 0.29) is 24.8 Å². The van der Waals surface area contributed by atoms with Gasteiger partial charge in [0.1, 0.15) is 12.4 Å². The first-order chi connectivity index (χ1) is 16.7. The number of pyridine rings is 2. The van der Waals surface area contributed by atoms with Gasteiger partial charge in [-0.05, 0) is 42.7 Å². The Bertz CT molecular complexity index is 1200. The number of hydrogen-bond donors (Lipinski definition) is 2. The zero-order valence-corrected chi connectivity index (χ0v) is 19.0. The van der Waals surface area contributed by atoms with Gasteiger partial charge in [-0.25, -0.2) is 0 Å². The lowest BCUT2D eigenvalue weighted by Gasteiger charge is -2.20. The van der Waals surface area contributed by atoms with Crippen LogP contribution in [0.15, 0.2) is 55.1 Å². The number of aliphatic hydroxyl groups is 1. The minimum atomic E-state index is -4.54. The Kier molecular flexibility index (Phi) is 7.20. The van der Waals surface area contributed by atoms with E-state index in [1.807, 2.05) is 19.1 Å². The van der Waals surface area contributed by atoms with Crippen LogP contribution in [0.5, 0.6) is 5.75 Å². The number of halogens is 3. The number of carbonyl (C=O) groups excluding carboxylic acids is 1. The summed E-state index contributed by atoms with van der Waals surface area (Å²) in [4.78, 5) is 22.8. The fraction of sp³-hybridized carbons (Fsp3) is 0.320. The Hall–Kier alpha value is -3.66. The first-order valence-corrected chi connectivity index (χ1v) is 11.1. The van der Waals surface area contributed by atoms with Gasteiger partial charge in [0.25, 0.3) is 5.91 Å². The summed E-state index contributed by atoms with van der Waals surface area (Å²) in [6.07, 6.45) is 1.58. The Labute approximate surface area is 200 Å². The number of alkyl halides is 3. The predicted octanol–water partition coefficient (Wildman–Crippen LogP) is 4.42. The number of carbonyl (C=O) groups is 1. The number of hydrogen-bond acceptors (Lipinski definition) is 6. The lowest BCUT2D eigenvalue weighted by molar-refractivity contribution is -0.137. The molecule has 0 bridgehead atoms. The Balaban J connectivity index is 1.48. The van der Waals surface area contributed by atoms with Crippen molar-refractivity contribution in [2.24, 2.45) is 0 Å². The molecule has 1 atom stereocenters. The molecule has 0 spiro atoms. The zero-order chi connectivity index (χ0) is 25.0. The van der Waals surface area contributed by atoms with Crippen molar-refractivity contribution in [3.05, 3.63) is 77.4 Å². The molecule has 2 aromatic heterocycles. The highest BCUT2D eigenvalue weighted by Crippen LogP contribution is 2.34. The number of nitrogens with zero attached hydrogens (tertiary/aromatic N) is 3. The minimum Gasteiger partial charge on any atom is -0.490 e. The highest BCUT2D eigenvalue weighted by molar-refractivity contribution is 6.04. The van der Waals surface area contributed by atoms with E-state index in [4.69, 9.17) is 9.84 Å². The van der Waals surface area contributed by atoms with Gasteiger partial charge in [-0.15, -0.1) is 0 Å². The van der Waals surface area contributed by atoms with Crippen LogP contribution in [0.4, 0.5) is 24.5 Å². The van der Waals surface area contributed by atoms with Gasteiger partial charge in [0.15, 0.2) is 0 Å². The average Bonchev–Trinajstić information content (AvgIpc) is 3.33. The molecule has 3 heterocycles. The second-order valence-corrected chi connectivity index (χ2v) is 8.37. The molecule has 0 unspecified atom stereocenters. The predicted molar refractivity (Wildman–Crippen MR) is 125 cm³/mol. The van der Waals surface area contributed by atoms with Crippen molar-refractivity contribution in [1.29, 1.82) is 0 Å². The van der Waals surface area contributed by atoms with E-state index in [2.05, 4.69) is 20.2 Å². The molecule has 4 rings (SSSR count). The maximum absolute atomic E-state index is 13.0. The lowest BCUT2D eigenvalue weighted by Crippen LogP contribution is -2.20. The van der Waals surface area contributed by atoms with E-state index in [9.17, 15) is 18.0 Å². The molecule has 1 fully saturated rings. The van der Waals surface area contributed by atoms with E-state index in [0.717, 1.165) is 42.0 Å². The first-order valence-electron chi connectivity index (χ1n) is 11.1. The minimum absolute atomic E-state index is 0.0187. The quantitative estimate of drug-likeness (QED) is 0.514. The monoisotopic (exact) mass is 486 g/mol. The van der Waals surface area contributed by atoms with E-state index >= 15 is 0 Å². The molecule has 184 valence electrons. The maximum Gasteiger partial charge on any atom is 0.417 e. The van der Waals surface area contributed by atoms with Crippen LogP contribution in [0, 0.1) is 6.92 Å². The summed E-state index contributed by atoms with van der Waals surface area (Å²) in [6, 6.07) is 8.06. The normalized spacial score (nSPS) is 15.8. The number of aliphatic hydroxyl groups excluding tert-OH is 1. The Morgan fingerprint density at radius 3 is 2.74 bits per heavy atom. The summed E-state index contributed by atoms with van der Waals surface area (Å²) in [5, 5.41) is 11.5.